The van der Waals surface area contributed by atoms with Crippen molar-refractivity contribution in [2.75, 3.05) is 13.6 Å². The molecule has 0 radical (unpaired) electrons. The Bertz CT molecular complexity index is 429. The van der Waals surface area contributed by atoms with Gasteiger partial charge in [-0.1, -0.05) is 13.8 Å². The molecule has 0 bridgehead atoms. The molecule has 2 rings (SSSR count). The molecule has 118 valence electrons. The molecule has 0 spiro atoms. The van der Waals surface area contributed by atoms with E-state index in [-0.39, 0.29) is 11.7 Å². The molecule has 1 aromatic heterocycles. The number of halogens is 1. The number of aliphatic hydroxyl groups excluding tert-OH is 1. The van der Waals surface area contributed by atoms with Crippen LogP contribution in [0.15, 0.2) is 18.3 Å². The van der Waals surface area contributed by atoms with Gasteiger partial charge < -0.3 is 10.0 Å². The lowest BCUT2D eigenvalue weighted by Gasteiger charge is -2.35. The highest BCUT2D eigenvalue weighted by atomic mass is 19.1. The Hall–Kier alpha value is -1.00. The van der Waals surface area contributed by atoms with Crippen LogP contribution in [0.5, 0.6) is 0 Å². The van der Waals surface area contributed by atoms with Gasteiger partial charge in [0.25, 0.3) is 0 Å². The van der Waals surface area contributed by atoms with Crippen LogP contribution in [0, 0.1) is 17.7 Å². The number of hydrogen-bond acceptors (Lipinski definition) is 3. The van der Waals surface area contributed by atoms with Gasteiger partial charge in [-0.2, -0.15) is 0 Å². The van der Waals surface area contributed by atoms with E-state index in [2.05, 4.69) is 23.9 Å². The quantitative estimate of drug-likeness (QED) is 0.904. The van der Waals surface area contributed by atoms with Crippen LogP contribution in [0.25, 0.3) is 0 Å². The van der Waals surface area contributed by atoms with E-state index in [1.807, 2.05) is 6.92 Å². The molecule has 4 heteroatoms. The molecule has 1 aliphatic carbocycles. The van der Waals surface area contributed by atoms with E-state index < -0.39 is 6.10 Å². The minimum atomic E-state index is -0.643. The third-order valence-electron chi connectivity index (χ3n) is 4.78. The molecule has 0 amide bonds. The van der Waals surface area contributed by atoms with Crippen molar-refractivity contribution < 1.29 is 9.50 Å². The molecule has 1 heterocycles. The molecular formula is C17H27FN2O. The van der Waals surface area contributed by atoms with Crippen LogP contribution in [0.2, 0.25) is 0 Å². The number of hydrogen-bond donors (Lipinski definition) is 1. The summed E-state index contributed by atoms with van der Waals surface area (Å²) in [6, 6.07) is 3.54. The Balaban J connectivity index is 1.87. The van der Waals surface area contributed by atoms with Gasteiger partial charge in [0.05, 0.1) is 18.0 Å². The number of rotatable bonds is 5. The molecule has 1 aliphatic rings. The van der Waals surface area contributed by atoms with E-state index in [4.69, 9.17) is 0 Å². The zero-order chi connectivity index (χ0) is 15.4. The zero-order valence-corrected chi connectivity index (χ0v) is 13.3. The van der Waals surface area contributed by atoms with Gasteiger partial charge in [-0.3, -0.25) is 4.98 Å². The zero-order valence-electron chi connectivity index (χ0n) is 13.3. The van der Waals surface area contributed by atoms with Crippen LogP contribution in [-0.2, 0) is 0 Å². The van der Waals surface area contributed by atoms with Crippen molar-refractivity contribution >= 4 is 0 Å². The molecule has 1 aromatic rings. The lowest BCUT2D eigenvalue weighted by molar-refractivity contribution is 0.0703. The number of nitrogens with zero attached hydrogens (tertiary/aromatic N) is 2. The Morgan fingerprint density at radius 1 is 1.33 bits per heavy atom. The lowest BCUT2D eigenvalue weighted by Crippen LogP contribution is -2.38. The predicted molar refractivity (Wildman–Crippen MR) is 82.4 cm³/mol. The summed E-state index contributed by atoms with van der Waals surface area (Å²) >= 11 is 0. The normalized spacial score (nSPS) is 25.8. The van der Waals surface area contributed by atoms with E-state index in [0.717, 1.165) is 18.7 Å². The Morgan fingerprint density at radius 3 is 2.57 bits per heavy atom. The summed E-state index contributed by atoms with van der Waals surface area (Å²) in [4.78, 5) is 6.35. The van der Waals surface area contributed by atoms with Gasteiger partial charge >= 0.3 is 0 Å². The fourth-order valence-electron chi connectivity index (χ4n) is 3.24. The highest BCUT2D eigenvalue weighted by Crippen LogP contribution is 2.28. The third kappa shape index (κ3) is 4.48. The maximum absolute atomic E-state index is 12.9. The van der Waals surface area contributed by atoms with Crippen LogP contribution in [0.3, 0.4) is 0 Å². The molecule has 2 atom stereocenters. The van der Waals surface area contributed by atoms with Gasteiger partial charge in [-0.15, -0.1) is 0 Å². The molecule has 1 saturated carbocycles. The highest BCUT2D eigenvalue weighted by Gasteiger charge is 2.25. The second-order valence-corrected chi connectivity index (χ2v) is 6.68. The first-order chi connectivity index (χ1) is 9.97. The van der Waals surface area contributed by atoms with E-state index in [1.54, 1.807) is 6.07 Å². The topological polar surface area (TPSA) is 36.4 Å². The molecule has 1 N–H and O–H groups in total. The average molecular weight is 294 g/mol. The second kappa shape index (κ2) is 7.32. The summed E-state index contributed by atoms with van der Waals surface area (Å²) in [5.41, 5.74) is 0.551. The fourth-order valence-corrected chi connectivity index (χ4v) is 3.24. The molecule has 0 saturated heterocycles. The molecule has 0 aliphatic heterocycles. The third-order valence-corrected chi connectivity index (χ3v) is 4.78. The van der Waals surface area contributed by atoms with Crippen LogP contribution in [0.1, 0.15) is 51.3 Å². The SMILES string of the molecule is CC1CCC(N(C)CC(C)C(O)c2ccc(F)cn2)CC1. The van der Waals surface area contributed by atoms with Crippen molar-refractivity contribution in [3.63, 3.8) is 0 Å². The van der Waals surface area contributed by atoms with Crippen molar-refractivity contribution in [3.8, 4) is 0 Å². The van der Waals surface area contributed by atoms with Crippen molar-refractivity contribution in [1.82, 2.24) is 9.88 Å². The van der Waals surface area contributed by atoms with Gasteiger partial charge in [0.15, 0.2) is 0 Å². The maximum Gasteiger partial charge on any atom is 0.141 e. The van der Waals surface area contributed by atoms with Crippen LogP contribution in [0.4, 0.5) is 4.39 Å². The number of aliphatic hydroxyl groups is 1. The van der Waals surface area contributed by atoms with Crippen molar-refractivity contribution in [3.05, 3.63) is 29.8 Å². The predicted octanol–water partition coefficient (Wildman–Crippen LogP) is 3.40. The standard InChI is InChI=1S/C17H27FN2O/c1-12-4-7-15(8-5-12)20(3)11-13(2)17(21)16-9-6-14(18)10-19-16/h6,9-10,12-13,15,17,21H,4-5,7-8,11H2,1-3H3. The van der Waals surface area contributed by atoms with Crippen LogP contribution < -0.4 is 0 Å². The summed E-state index contributed by atoms with van der Waals surface area (Å²) in [5, 5.41) is 10.4. The van der Waals surface area contributed by atoms with Crippen molar-refractivity contribution in [2.24, 2.45) is 11.8 Å². The number of aromatic nitrogens is 1. The lowest BCUT2D eigenvalue weighted by atomic mass is 9.86. The van der Waals surface area contributed by atoms with E-state index >= 15 is 0 Å². The first kappa shape index (κ1) is 16.4. The summed E-state index contributed by atoms with van der Waals surface area (Å²) < 4.78 is 12.9. The molecule has 3 nitrogen and oxygen atoms in total. The largest absolute Gasteiger partial charge is 0.386 e. The summed E-state index contributed by atoms with van der Waals surface area (Å²) in [7, 11) is 2.14. The van der Waals surface area contributed by atoms with Gasteiger partial charge in [0.2, 0.25) is 0 Å². The minimum Gasteiger partial charge on any atom is -0.386 e. The summed E-state index contributed by atoms with van der Waals surface area (Å²) in [6.45, 7) is 5.18. The van der Waals surface area contributed by atoms with Crippen molar-refractivity contribution in [2.45, 2.75) is 51.7 Å². The Kier molecular flexibility index (Phi) is 5.71. The molecule has 2 unspecified atom stereocenters. The van der Waals surface area contributed by atoms with Gasteiger partial charge in [0.1, 0.15) is 5.82 Å². The van der Waals surface area contributed by atoms with Crippen LogP contribution in [-0.4, -0.2) is 34.6 Å². The Morgan fingerprint density at radius 2 is 2.00 bits per heavy atom. The Labute approximate surface area is 127 Å². The second-order valence-electron chi connectivity index (χ2n) is 6.68. The highest BCUT2D eigenvalue weighted by molar-refractivity contribution is 5.08. The smallest absolute Gasteiger partial charge is 0.141 e. The maximum atomic E-state index is 12.9. The monoisotopic (exact) mass is 294 g/mol. The van der Waals surface area contributed by atoms with Crippen LogP contribution >= 0.6 is 0 Å². The summed E-state index contributed by atoms with van der Waals surface area (Å²) in [5.74, 6) is 0.556. The molecular weight excluding hydrogens is 267 g/mol. The fraction of sp³-hybridized carbons (Fsp3) is 0.706. The van der Waals surface area contributed by atoms with Gasteiger partial charge in [0, 0.05) is 18.5 Å². The number of pyridine rings is 1. The molecule has 21 heavy (non-hydrogen) atoms. The van der Waals surface area contributed by atoms with Gasteiger partial charge in [-0.25, -0.2) is 4.39 Å². The molecule has 1 fully saturated rings. The van der Waals surface area contributed by atoms with E-state index in [1.165, 1.54) is 31.7 Å². The van der Waals surface area contributed by atoms with E-state index in [0.29, 0.717) is 11.7 Å². The summed E-state index contributed by atoms with van der Waals surface area (Å²) in [6.07, 6.45) is 5.61. The average Bonchev–Trinajstić information content (AvgIpc) is 2.47. The first-order valence-electron chi connectivity index (χ1n) is 7.97. The molecule has 0 aromatic carbocycles. The van der Waals surface area contributed by atoms with E-state index in [9.17, 15) is 9.50 Å². The first-order valence-corrected chi connectivity index (χ1v) is 7.97. The van der Waals surface area contributed by atoms with Crippen molar-refractivity contribution in [1.29, 1.82) is 0 Å². The minimum absolute atomic E-state index is 0.0762. The van der Waals surface area contributed by atoms with Gasteiger partial charge in [-0.05, 0) is 50.8 Å².